The smallest absolute Gasteiger partial charge is 0.378 e. The molecule has 1 heterocycles. The van der Waals surface area contributed by atoms with Gasteiger partial charge in [0.2, 0.25) is 12.3 Å². The lowest BCUT2D eigenvalue weighted by Gasteiger charge is -2.27. The molecular formula is C20H31BN2O7. The Hall–Kier alpha value is -2.36. The average molecular weight is 422 g/mol. The highest BCUT2D eigenvalue weighted by atomic mass is 16.5. The van der Waals surface area contributed by atoms with Gasteiger partial charge in [0.05, 0.1) is 18.1 Å². The summed E-state index contributed by atoms with van der Waals surface area (Å²) in [6.07, 6.45) is 8.98. The molecule has 1 fully saturated rings. The molecule has 0 bridgehead atoms. The van der Waals surface area contributed by atoms with Gasteiger partial charge in [0.15, 0.2) is 0 Å². The van der Waals surface area contributed by atoms with E-state index >= 15 is 0 Å². The summed E-state index contributed by atoms with van der Waals surface area (Å²) in [6, 6.07) is -0.613. The molecule has 1 N–H and O–H groups in total. The molecule has 2 radical (unpaired) electrons. The van der Waals surface area contributed by atoms with E-state index in [0.29, 0.717) is 25.8 Å². The zero-order valence-electron chi connectivity index (χ0n) is 17.9. The van der Waals surface area contributed by atoms with Crippen molar-refractivity contribution in [3.63, 3.8) is 0 Å². The van der Waals surface area contributed by atoms with Crippen molar-refractivity contribution in [2.24, 2.45) is 5.41 Å². The van der Waals surface area contributed by atoms with Crippen LogP contribution < -0.4 is 0 Å². The maximum atomic E-state index is 11.7. The average Bonchev–Trinajstić information content (AvgIpc) is 3.21. The van der Waals surface area contributed by atoms with Crippen LogP contribution in [0.4, 0.5) is 0 Å². The van der Waals surface area contributed by atoms with Gasteiger partial charge < -0.3 is 24.3 Å². The lowest BCUT2D eigenvalue weighted by Crippen LogP contribution is -2.45. The van der Waals surface area contributed by atoms with Crippen molar-refractivity contribution >= 4 is 32.3 Å². The molecule has 1 saturated heterocycles. The minimum Gasteiger partial charge on any atom is -0.542 e. The summed E-state index contributed by atoms with van der Waals surface area (Å²) >= 11 is 0. The monoisotopic (exact) mass is 422 g/mol. The molecule has 2 aliphatic rings. The number of hydrogen-bond acceptors (Lipinski definition) is 6. The van der Waals surface area contributed by atoms with Crippen LogP contribution in [0.15, 0.2) is 12.2 Å². The van der Waals surface area contributed by atoms with Crippen LogP contribution in [0.5, 0.6) is 0 Å². The second-order valence-electron chi connectivity index (χ2n) is 7.85. The number of aliphatic carboxylic acids is 1. The van der Waals surface area contributed by atoms with Crippen molar-refractivity contribution in [1.82, 2.24) is 9.80 Å². The van der Waals surface area contributed by atoms with Crippen LogP contribution in [0.3, 0.4) is 0 Å². The van der Waals surface area contributed by atoms with Gasteiger partial charge in [-0.2, -0.15) is 0 Å². The van der Waals surface area contributed by atoms with Gasteiger partial charge >= 0.3 is 20.0 Å². The van der Waals surface area contributed by atoms with Crippen molar-refractivity contribution < 1.29 is 33.7 Å². The van der Waals surface area contributed by atoms with Crippen LogP contribution in [0.2, 0.25) is 0 Å². The predicted molar refractivity (Wildman–Crippen MR) is 109 cm³/mol. The van der Waals surface area contributed by atoms with Gasteiger partial charge in [-0.3, -0.25) is 19.2 Å². The Labute approximate surface area is 178 Å². The first kappa shape index (κ1) is 25.7. The normalized spacial score (nSPS) is 27.0. The van der Waals surface area contributed by atoms with E-state index in [-0.39, 0.29) is 18.6 Å². The third-order valence-corrected chi connectivity index (χ3v) is 5.54. The van der Waals surface area contributed by atoms with Crippen LogP contribution in [-0.2, 0) is 28.6 Å². The fourth-order valence-electron chi connectivity index (χ4n) is 3.47. The number of ether oxygens (including phenoxy) is 1. The fourth-order valence-corrected chi connectivity index (χ4v) is 3.47. The highest BCUT2D eigenvalue weighted by Crippen LogP contribution is 2.32. The quantitative estimate of drug-likeness (QED) is 0.385. The summed E-state index contributed by atoms with van der Waals surface area (Å²) < 4.78 is 9.35. The predicted octanol–water partition coefficient (Wildman–Crippen LogP) is 0.915. The summed E-state index contributed by atoms with van der Waals surface area (Å²) in [5.41, 5.74) is -0.582. The first-order valence-electron chi connectivity index (χ1n) is 9.97. The maximum absolute atomic E-state index is 11.7. The third kappa shape index (κ3) is 7.48. The summed E-state index contributed by atoms with van der Waals surface area (Å²) in [6.45, 7) is 2.27. The van der Waals surface area contributed by atoms with E-state index in [4.69, 9.17) is 17.9 Å². The third-order valence-electron chi connectivity index (χ3n) is 5.54. The molecule has 0 aromatic carbocycles. The largest absolute Gasteiger partial charge is 0.542 e. The van der Waals surface area contributed by atoms with Gasteiger partial charge in [0, 0.05) is 20.7 Å². The fraction of sp³-hybridized carbons (Fsp3) is 0.700. The molecule has 1 aliphatic heterocycles. The Morgan fingerprint density at radius 3 is 2.60 bits per heavy atom. The molecule has 10 heteroatoms. The van der Waals surface area contributed by atoms with Crippen LogP contribution in [0, 0.1) is 5.41 Å². The van der Waals surface area contributed by atoms with Crippen molar-refractivity contribution in [2.75, 3.05) is 27.2 Å². The minimum atomic E-state index is -0.692. The Kier molecular flexibility index (Phi) is 10.6. The van der Waals surface area contributed by atoms with Crippen molar-refractivity contribution in [3.8, 4) is 0 Å². The van der Waals surface area contributed by atoms with Gasteiger partial charge in [-0.15, -0.1) is 0 Å². The summed E-state index contributed by atoms with van der Waals surface area (Å²) in [7, 11) is 7.95. The highest BCUT2D eigenvalue weighted by molar-refractivity contribution is 6.06. The SMILES string of the molecule is COC1/C=C/CCC(C)(C(=O)O)CC1.[B]OC(=O)C1CCCN1C(=O)CN(C)C=O. The van der Waals surface area contributed by atoms with Gasteiger partial charge in [0.25, 0.3) is 0 Å². The molecule has 166 valence electrons. The number of carboxylic acid groups (broad SMARTS) is 1. The molecule has 9 nitrogen and oxygen atoms in total. The van der Waals surface area contributed by atoms with Crippen molar-refractivity contribution in [2.45, 2.75) is 57.6 Å². The molecule has 2 amide bonds. The Balaban J connectivity index is 0.000000303. The van der Waals surface area contributed by atoms with Crippen LogP contribution in [-0.4, -0.2) is 86.6 Å². The van der Waals surface area contributed by atoms with Crippen molar-refractivity contribution in [1.29, 1.82) is 0 Å². The second-order valence-corrected chi connectivity index (χ2v) is 7.85. The highest BCUT2D eigenvalue weighted by Gasteiger charge is 2.35. The maximum Gasteiger partial charge on any atom is 0.378 e. The molecule has 3 atom stereocenters. The summed E-state index contributed by atoms with van der Waals surface area (Å²) in [5.74, 6) is -1.58. The molecule has 0 saturated carbocycles. The van der Waals surface area contributed by atoms with E-state index in [2.05, 4.69) is 4.65 Å². The molecule has 2 rings (SSSR count). The number of hydrogen-bond donors (Lipinski definition) is 1. The van der Waals surface area contributed by atoms with Crippen LogP contribution in [0.25, 0.3) is 0 Å². The first-order valence-corrected chi connectivity index (χ1v) is 9.97. The summed E-state index contributed by atoms with van der Waals surface area (Å²) in [5, 5.41) is 9.11. The number of carboxylic acids is 1. The second kappa shape index (κ2) is 12.4. The zero-order valence-corrected chi connectivity index (χ0v) is 17.9. The number of amides is 2. The van der Waals surface area contributed by atoms with Gasteiger partial charge in [-0.1, -0.05) is 12.2 Å². The van der Waals surface area contributed by atoms with Gasteiger partial charge in [-0.25, -0.2) is 0 Å². The summed E-state index contributed by atoms with van der Waals surface area (Å²) in [4.78, 5) is 47.0. The number of rotatable bonds is 6. The molecule has 1 aliphatic carbocycles. The Bertz CT molecular complexity index is 643. The number of likely N-dealkylation sites (tertiary alicyclic amines) is 1. The molecule has 3 unspecified atom stereocenters. The first-order chi connectivity index (χ1) is 14.2. The van der Waals surface area contributed by atoms with Gasteiger partial charge in [-0.05, 0) is 45.4 Å². The number of likely N-dealkylation sites (N-methyl/N-ethyl adjacent to an activating group) is 1. The van der Waals surface area contributed by atoms with E-state index < -0.39 is 23.4 Å². The van der Waals surface area contributed by atoms with E-state index in [9.17, 15) is 19.2 Å². The van der Waals surface area contributed by atoms with E-state index in [1.54, 1.807) is 7.11 Å². The van der Waals surface area contributed by atoms with Crippen LogP contribution in [0.1, 0.15) is 45.4 Å². The standard InChI is InChI=1S/C11H18O3.C9H13BN2O4/c1-11(10(12)13)7-4-3-5-9(14-2)6-8-11;1-11(6-13)5-8(14)12-4-2-3-7(12)9(15)16-10/h3,5,9H,4,6-8H2,1-2H3,(H,12,13);6-7H,2-5H2,1H3/b5-3+;. The van der Waals surface area contributed by atoms with E-state index in [1.165, 1.54) is 16.8 Å². The number of carbonyl (C=O) groups excluding carboxylic acids is 3. The number of allylic oxidation sites excluding steroid dienone is 1. The molecule has 0 aromatic rings. The van der Waals surface area contributed by atoms with Gasteiger partial charge in [0.1, 0.15) is 6.04 Å². The minimum absolute atomic E-state index is 0.0438. The molecule has 0 spiro atoms. The lowest BCUT2D eigenvalue weighted by atomic mass is 9.79. The molecular weight excluding hydrogens is 391 g/mol. The number of carbonyl (C=O) groups is 4. The van der Waals surface area contributed by atoms with Crippen molar-refractivity contribution in [3.05, 3.63) is 12.2 Å². The molecule has 30 heavy (non-hydrogen) atoms. The van der Waals surface area contributed by atoms with E-state index in [0.717, 1.165) is 25.7 Å². The zero-order chi connectivity index (χ0) is 22.7. The van der Waals surface area contributed by atoms with E-state index in [1.807, 2.05) is 19.1 Å². The van der Waals surface area contributed by atoms with Crippen LogP contribution >= 0.6 is 0 Å². The topological polar surface area (TPSA) is 113 Å². The Morgan fingerprint density at radius 1 is 1.33 bits per heavy atom. The number of nitrogens with zero attached hydrogens (tertiary/aromatic N) is 2. The number of methoxy groups -OCH3 is 1. The Morgan fingerprint density at radius 2 is 2.03 bits per heavy atom. The molecule has 0 aromatic heterocycles. The lowest BCUT2D eigenvalue weighted by molar-refractivity contribution is -0.149.